The van der Waals surface area contributed by atoms with Gasteiger partial charge in [-0.15, -0.1) is 24.8 Å². The fourth-order valence-electron chi connectivity index (χ4n) is 2.38. The Kier molecular flexibility index (Phi) is 7.49. The zero-order chi connectivity index (χ0) is 14.0. The molecule has 1 aromatic carbocycles. The standard InChI is InChI=1S/C15H21N3OS.2ClH/c16-15(4-5-15)14(19)17-13-3-1-2-12(10-13)11-18-6-8-20-9-7-18;;/h1-3,10H,4-9,11,16H2,(H,17,19);2*1H. The van der Waals surface area contributed by atoms with Gasteiger partial charge in [-0.2, -0.15) is 11.8 Å². The number of hydrogen-bond acceptors (Lipinski definition) is 4. The summed E-state index contributed by atoms with van der Waals surface area (Å²) in [5, 5.41) is 2.94. The molecule has 1 saturated carbocycles. The van der Waals surface area contributed by atoms with Crippen molar-refractivity contribution < 1.29 is 4.79 Å². The van der Waals surface area contributed by atoms with Crippen molar-refractivity contribution in [3.63, 3.8) is 0 Å². The molecule has 1 saturated heterocycles. The average molecular weight is 364 g/mol. The minimum absolute atomic E-state index is 0. The van der Waals surface area contributed by atoms with Crippen molar-refractivity contribution in [2.45, 2.75) is 24.9 Å². The summed E-state index contributed by atoms with van der Waals surface area (Å²) in [4.78, 5) is 14.4. The third kappa shape index (κ3) is 5.03. The highest BCUT2D eigenvalue weighted by atomic mass is 35.5. The van der Waals surface area contributed by atoms with E-state index >= 15 is 0 Å². The van der Waals surface area contributed by atoms with Crippen molar-refractivity contribution in [2.24, 2.45) is 5.73 Å². The fraction of sp³-hybridized carbons (Fsp3) is 0.533. The molecule has 1 aliphatic heterocycles. The largest absolute Gasteiger partial charge is 0.324 e. The lowest BCUT2D eigenvalue weighted by Crippen LogP contribution is -2.37. The van der Waals surface area contributed by atoms with Crippen molar-refractivity contribution in [1.82, 2.24) is 4.90 Å². The van der Waals surface area contributed by atoms with Crippen LogP contribution in [0.1, 0.15) is 18.4 Å². The average Bonchev–Trinajstić information content (AvgIpc) is 3.20. The molecule has 4 nitrogen and oxygen atoms in total. The van der Waals surface area contributed by atoms with E-state index in [0.717, 1.165) is 38.2 Å². The number of carbonyl (C=O) groups is 1. The highest BCUT2D eigenvalue weighted by molar-refractivity contribution is 7.99. The lowest BCUT2D eigenvalue weighted by molar-refractivity contribution is -0.118. The molecule has 1 aromatic rings. The predicted molar refractivity (Wildman–Crippen MR) is 98.3 cm³/mol. The second-order valence-electron chi connectivity index (χ2n) is 5.70. The van der Waals surface area contributed by atoms with E-state index < -0.39 is 5.54 Å². The smallest absolute Gasteiger partial charge is 0.244 e. The third-order valence-electron chi connectivity index (χ3n) is 3.94. The third-order valence-corrected chi connectivity index (χ3v) is 4.88. The second kappa shape index (κ2) is 8.41. The molecule has 0 aromatic heterocycles. The summed E-state index contributed by atoms with van der Waals surface area (Å²) in [5.74, 6) is 2.38. The Bertz CT molecular complexity index is 505. The number of carbonyl (C=O) groups excluding carboxylic acids is 1. The van der Waals surface area contributed by atoms with Gasteiger partial charge in [0, 0.05) is 36.8 Å². The molecular formula is C15H23Cl2N3OS. The number of nitrogens with one attached hydrogen (secondary N) is 1. The van der Waals surface area contributed by atoms with E-state index in [9.17, 15) is 4.79 Å². The monoisotopic (exact) mass is 363 g/mol. The Morgan fingerprint density at radius 3 is 2.59 bits per heavy atom. The van der Waals surface area contributed by atoms with E-state index in [1.165, 1.54) is 17.1 Å². The topological polar surface area (TPSA) is 58.4 Å². The van der Waals surface area contributed by atoms with Gasteiger partial charge >= 0.3 is 0 Å². The molecule has 1 aliphatic carbocycles. The van der Waals surface area contributed by atoms with Crippen LogP contribution in [0.15, 0.2) is 24.3 Å². The van der Waals surface area contributed by atoms with Gasteiger partial charge in [-0.3, -0.25) is 9.69 Å². The van der Waals surface area contributed by atoms with E-state index in [-0.39, 0.29) is 30.7 Å². The number of benzene rings is 1. The Hall–Kier alpha value is -0.460. The van der Waals surface area contributed by atoms with Crippen molar-refractivity contribution in [2.75, 3.05) is 29.9 Å². The molecule has 1 amide bonds. The summed E-state index contributed by atoms with van der Waals surface area (Å²) in [6, 6.07) is 8.11. The lowest BCUT2D eigenvalue weighted by Gasteiger charge is -2.26. The highest BCUT2D eigenvalue weighted by Crippen LogP contribution is 2.33. The quantitative estimate of drug-likeness (QED) is 0.862. The Balaban J connectivity index is 0.00000121. The van der Waals surface area contributed by atoms with Gasteiger partial charge in [0.2, 0.25) is 5.91 Å². The zero-order valence-corrected chi connectivity index (χ0v) is 14.9. The molecule has 1 heterocycles. The Labute approximate surface area is 148 Å². The van der Waals surface area contributed by atoms with Crippen LogP contribution in [0, 0.1) is 0 Å². The first kappa shape index (κ1) is 19.6. The molecule has 2 fully saturated rings. The minimum atomic E-state index is -0.611. The van der Waals surface area contributed by atoms with E-state index in [2.05, 4.69) is 22.3 Å². The van der Waals surface area contributed by atoms with Gasteiger partial charge in [-0.1, -0.05) is 12.1 Å². The summed E-state index contributed by atoms with van der Waals surface area (Å²) in [6.07, 6.45) is 1.59. The maximum atomic E-state index is 11.9. The van der Waals surface area contributed by atoms with Crippen LogP contribution in [0.25, 0.3) is 0 Å². The van der Waals surface area contributed by atoms with E-state index in [4.69, 9.17) is 5.73 Å². The molecule has 0 atom stereocenters. The van der Waals surface area contributed by atoms with Crippen molar-refractivity contribution in [3.05, 3.63) is 29.8 Å². The fourth-order valence-corrected chi connectivity index (χ4v) is 3.36. The summed E-state index contributed by atoms with van der Waals surface area (Å²) in [7, 11) is 0. The van der Waals surface area contributed by atoms with Gasteiger partial charge in [0.1, 0.15) is 0 Å². The number of nitrogens with zero attached hydrogens (tertiary/aromatic N) is 1. The van der Waals surface area contributed by atoms with Gasteiger partial charge in [0.25, 0.3) is 0 Å². The van der Waals surface area contributed by atoms with E-state index in [1.54, 1.807) is 0 Å². The SMILES string of the molecule is Cl.Cl.NC1(C(=O)Nc2cccc(CN3CCSCC3)c2)CC1. The van der Waals surface area contributed by atoms with Crippen LogP contribution >= 0.6 is 36.6 Å². The first-order chi connectivity index (χ1) is 9.66. The molecule has 0 spiro atoms. The number of nitrogens with two attached hydrogens (primary N) is 1. The van der Waals surface area contributed by atoms with Crippen LogP contribution in [0.4, 0.5) is 5.69 Å². The molecular weight excluding hydrogens is 341 g/mol. The number of rotatable bonds is 4. The van der Waals surface area contributed by atoms with Crippen molar-refractivity contribution in [3.8, 4) is 0 Å². The zero-order valence-electron chi connectivity index (χ0n) is 12.4. The van der Waals surface area contributed by atoms with Crippen LogP contribution in [-0.4, -0.2) is 40.9 Å². The molecule has 7 heteroatoms. The number of halogens is 2. The molecule has 3 N–H and O–H groups in total. The lowest BCUT2D eigenvalue weighted by atomic mass is 10.1. The summed E-state index contributed by atoms with van der Waals surface area (Å²) < 4.78 is 0. The van der Waals surface area contributed by atoms with Crippen LogP contribution < -0.4 is 11.1 Å². The summed E-state index contributed by atoms with van der Waals surface area (Å²) in [6.45, 7) is 3.25. The molecule has 0 radical (unpaired) electrons. The van der Waals surface area contributed by atoms with Gasteiger partial charge < -0.3 is 11.1 Å². The number of thioether (sulfide) groups is 1. The van der Waals surface area contributed by atoms with Crippen LogP contribution in [0.5, 0.6) is 0 Å². The molecule has 124 valence electrons. The van der Waals surface area contributed by atoms with Crippen LogP contribution in [0.2, 0.25) is 0 Å². The first-order valence-corrected chi connectivity index (χ1v) is 8.31. The predicted octanol–water partition coefficient (Wildman–Crippen LogP) is 2.51. The van der Waals surface area contributed by atoms with Gasteiger partial charge in [-0.05, 0) is 30.5 Å². The van der Waals surface area contributed by atoms with Crippen molar-refractivity contribution >= 4 is 48.2 Å². The molecule has 0 unspecified atom stereocenters. The van der Waals surface area contributed by atoms with E-state index in [1.807, 2.05) is 23.9 Å². The molecule has 2 aliphatic rings. The summed E-state index contributed by atoms with van der Waals surface area (Å²) in [5.41, 5.74) is 7.40. The normalized spacial score (nSPS) is 19.5. The first-order valence-electron chi connectivity index (χ1n) is 7.15. The number of anilines is 1. The Morgan fingerprint density at radius 1 is 1.27 bits per heavy atom. The van der Waals surface area contributed by atoms with Gasteiger partial charge in [0.15, 0.2) is 0 Å². The minimum Gasteiger partial charge on any atom is -0.324 e. The molecule has 3 rings (SSSR count). The van der Waals surface area contributed by atoms with Crippen LogP contribution in [-0.2, 0) is 11.3 Å². The maximum absolute atomic E-state index is 11.9. The highest BCUT2D eigenvalue weighted by Gasteiger charge is 2.45. The molecule has 22 heavy (non-hydrogen) atoms. The maximum Gasteiger partial charge on any atom is 0.244 e. The number of hydrogen-bond donors (Lipinski definition) is 2. The summed E-state index contributed by atoms with van der Waals surface area (Å²) >= 11 is 2.02. The van der Waals surface area contributed by atoms with Gasteiger partial charge in [0.05, 0.1) is 5.54 Å². The molecule has 0 bridgehead atoms. The van der Waals surface area contributed by atoms with Crippen LogP contribution in [0.3, 0.4) is 0 Å². The number of amides is 1. The second-order valence-corrected chi connectivity index (χ2v) is 6.92. The van der Waals surface area contributed by atoms with E-state index in [0.29, 0.717) is 0 Å². The van der Waals surface area contributed by atoms with Crippen molar-refractivity contribution in [1.29, 1.82) is 0 Å². The Morgan fingerprint density at radius 2 is 1.95 bits per heavy atom. The van der Waals surface area contributed by atoms with Gasteiger partial charge in [-0.25, -0.2) is 0 Å².